The molecule has 0 spiro atoms. The van der Waals surface area contributed by atoms with Gasteiger partial charge in [-0.15, -0.1) is 5.10 Å². The van der Waals surface area contributed by atoms with E-state index in [1.165, 1.54) is 4.68 Å². The average Bonchev–Trinajstić information content (AvgIpc) is 2.70. The third kappa shape index (κ3) is 2.60. The van der Waals surface area contributed by atoms with Gasteiger partial charge in [0.2, 0.25) is 0 Å². The van der Waals surface area contributed by atoms with Crippen molar-refractivity contribution in [2.75, 3.05) is 0 Å². The van der Waals surface area contributed by atoms with Gasteiger partial charge in [-0.3, -0.25) is 0 Å². The minimum Gasteiger partial charge on any atom is -0.487 e. The van der Waals surface area contributed by atoms with E-state index in [0.717, 1.165) is 0 Å². The highest BCUT2D eigenvalue weighted by molar-refractivity contribution is 6.30. The molecule has 1 N–H and O–H groups in total. The number of ether oxygens (including phenoxy) is 1. The van der Waals surface area contributed by atoms with Crippen molar-refractivity contribution in [2.45, 2.75) is 6.61 Å². The smallest absolute Gasteiger partial charge is 0.358 e. The molecule has 0 radical (unpaired) electrons. The van der Waals surface area contributed by atoms with Crippen LogP contribution >= 0.6 is 11.6 Å². The largest absolute Gasteiger partial charge is 0.487 e. The Morgan fingerprint density at radius 3 is 2.72 bits per heavy atom. The van der Waals surface area contributed by atoms with E-state index in [2.05, 4.69) is 10.3 Å². The summed E-state index contributed by atoms with van der Waals surface area (Å²) in [4.78, 5) is 10.9. The van der Waals surface area contributed by atoms with E-state index >= 15 is 0 Å². The predicted molar refractivity (Wildman–Crippen MR) is 63.7 cm³/mol. The van der Waals surface area contributed by atoms with Gasteiger partial charge in [0.05, 0.1) is 0 Å². The third-order valence-corrected chi connectivity index (χ3v) is 2.59. The third-order valence-electron chi connectivity index (χ3n) is 2.33. The summed E-state index contributed by atoms with van der Waals surface area (Å²) in [5.41, 5.74) is 0.295. The molecule has 0 amide bonds. The van der Waals surface area contributed by atoms with Gasteiger partial charge in [-0.1, -0.05) is 16.8 Å². The Balaban J connectivity index is 2.12. The quantitative estimate of drug-likeness (QED) is 0.913. The molecule has 0 fully saturated rings. The van der Waals surface area contributed by atoms with Gasteiger partial charge in [-0.2, -0.15) is 0 Å². The summed E-state index contributed by atoms with van der Waals surface area (Å²) in [6.45, 7) is 0.0762. The second kappa shape index (κ2) is 5.05. The summed E-state index contributed by atoms with van der Waals surface area (Å²) in [6.07, 6.45) is 0. The van der Waals surface area contributed by atoms with E-state index in [1.54, 1.807) is 31.3 Å². The summed E-state index contributed by atoms with van der Waals surface area (Å²) in [5, 5.41) is 16.7. The molecule has 0 unspecified atom stereocenters. The van der Waals surface area contributed by atoms with E-state index in [9.17, 15) is 4.79 Å². The van der Waals surface area contributed by atoms with Crippen LogP contribution in [0.3, 0.4) is 0 Å². The van der Waals surface area contributed by atoms with Gasteiger partial charge in [0.15, 0.2) is 5.69 Å². The molecule has 18 heavy (non-hydrogen) atoms. The van der Waals surface area contributed by atoms with Crippen molar-refractivity contribution in [3.8, 4) is 5.75 Å². The molecule has 0 aliphatic carbocycles. The summed E-state index contributed by atoms with van der Waals surface area (Å²) in [6, 6.07) is 6.78. The number of hydrogen-bond donors (Lipinski definition) is 1. The minimum absolute atomic E-state index is 0.0762. The molecule has 1 aromatic carbocycles. The molecule has 7 heteroatoms. The number of nitrogens with zero attached hydrogens (tertiary/aromatic N) is 3. The molecule has 0 aliphatic heterocycles. The molecule has 0 saturated carbocycles. The van der Waals surface area contributed by atoms with E-state index in [1.807, 2.05) is 0 Å². The number of aryl methyl sites for hydroxylation is 1. The van der Waals surface area contributed by atoms with E-state index in [0.29, 0.717) is 16.5 Å². The van der Waals surface area contributed by atoms with Crippen molar-refractivity contribution in [1.29, 1.82) is 0 Å². The Morgan fingerprint density at radius 1 is 1.44 bits per heavy atom. The highest BCUT2D eigenvalue weighted by Gasteiger charge is 2.17. The zero-order valence-corrected chi connectivity index (χ0v) is 10.3. The molecule has 0 saturated heterocycles. The Morgan fingerprint density at radius 2 is 2.11 bits per heavy atom. The van der Waals surface area contributed by atoms with Crippen LogP contribution in [0.2, 0.25) is 5.02 Å². The number of aromatic nitrogens is 3. The maximum Gasteiger partial charge on any atom is 0.358 e. The number of carboxylic acid groups (broad SMARTS) is 1. The molecular formula is C11H10ClN3O3. The van der Waals surface area contributed by atoms with Gasteiger partial charge < -0.3 is 9.84 Å². The van der Waals surface area contributed by atoms with Crippen molar-refractivity contribution in [3.63, 3.8) is 0 Å². The lowest BCUT2D eigenvalue weighted by Crippen LogP contribution is -2.08. The fourth-order valence-electron chi connectivity index (χ4n) is 1.39. The van der Waals surface area contributed by atoms with Gasteiger partial charge in [-0.25, -0.2) is 9.48 Å². The molecule has 1 aromatic heterocycles. The van der Waals surface area contributed by atoms with Gasteiger partial charge in [0.25, 0.3) is 0 Å². The van der Waals surface area contributed by atoms with Crippen LogP contribution in [0.25, 0.3) is 0 Å². The van der Waals surface area contributed by atoms with Gasteiger partial charge in [0, 0.05) is 12.1 Å². The lowest BCUT2D eigenvalue weighted by molar-refractivity contribution is 0.0687. The second-order valence-corrected chi connectivity index (χ2v) is 3.99. The number of carbonyl (C=O) groups is 1. The first-order chi connectivity index (χ1) is 8.58. The predicted octanol–water partition coefficient (Wildman–Crippen LogP) is 1.75. The highest BCUT2D eigenvalue weighted by Crippen LogP contribution is 2.17. The standard InChI is InChI=1S/C11H10ClN3O3/c1-15-9(10(11(16)17)13-14-15)6-18-8-4-2-7(12)3-5-8/h2-5H,6H2,1H3,(H,16,17). The Hall–Kier alpha value is -2.08. The van der Waals surface area contributed by atoms with Gasteiger partial charge >= 0.3 is 5.97 Å². The van der Waals surface area contributed by atoms with Crippen molar-refractivity contribution in [3.05, 3.63) is 40.7 Å². The molecule has 6 nitrogen and oxygen atoms in total. The maximum absolute atomic E-state index is 10.9. The Labute approximate surface area is 108 Å². The monoisotopic (exact) mass is 267 g/mol. The molecule has 2 rings (SSSR count). The average molecular weight is 268 g/mol. The number of aromatic carboxylic acids is 1. The maximum atomic E-state index is 10.9. The first-order valence-electron chi connectivity index (χ1n) is 5.08. The number of halogens is 1. The first kappa shape index (κ1) is 12.4. The zero-order chi connectivity index (χ0) is 13.1. The molecule has 94 valence electrons. The molecule has 0 bridgehead atoms. The van der Waals surface area contributed by atoms with Gasteiger partial charge in [-0.05, 0) is 24.3 Å². The Kier molecular flexibility index (Phi) is 3.47. The van der Waals surface area contributed by atoms with Crippen molar-refractivity contribution >= 4 is 17.6 Å². The van der Waals surface area contributed by atoms with Crippen LogP contribution < -0.4 is 4.74 Å². The summed E-state index contributed by atoms with van der Waals surface area (Å²) >= 11 is 5.75. The van der Waals surface area contributed by atoms with E-state index < -0.39 is 5.97 Å². The van der Waals surface area contributed by atoms with Crippen LogP contribution in [0.4, 0.5) is 0 Å². The summed E-state index contributed by atoms with van der Waals surface area (Å²) < 4.78 is 6.83. The van der Waals surface area contributed by atoms with Crippen LogP contribution in [-0.2, 0) is 13.7 Å². The zero-order valence-electron chi connectivity index (χ0n) is 9.50. The van der Waals surface area contributed by atoms with Crippen molar-refractivity contribution in [2.24, 2.45) is 7.05 Å². The lowest BCUT2D eigenvalue weighted by atomic mass is 10.3. The number of benzene rings is 1. The second-order valence-electron chi connectivity index (χ2n) is 3.56. The molecule has 0 aliphatic rings. The molecule has 0 atom stereocenters. The molecule has 2 aromatic rings. The molecule has 1 heterocycles. The van der Waals surface area contributed by atoms with E-state index in [4.69, 9.17) is 21.4 Å². The van der Waals surface area contributed by atoms with Gasteiger partial charge in [0.1, 0.15) is 18.1 Å². The number of rotatable bonds is 4. The van der Waals surface area contributed by atoms with Crippen LogP contribution in [0.1, 0.15) is 16.2 Å². The summed E-state index contributed by atoms with van der Waals surface area (Å²) in [5.74, 6) is -0.533. The van der Waals surface area contributed by atoms with Crippen LogP contribution in [0.5, 0.6) is 5.75 Å². The molecular weight excluding hydrogens is 258 g/mol. The fourth-order valence-corrected chi connectivity index (χ4v) is 1.51. The fraction of sp³-hybridized carbons (Fsp3) is 0.182. The lowest BCUT2D eigenvalue weighted by Gasteiger charge is -2.06. The number of carboxylic acids is 1. The highest BCUT2D eigenvalue weighted by atomic mass is 35.5. The number of hydrogen-bond acceptors (Lipinski definition) is 4. The van der Waals surface area contributed by atoms with Crippen LogP contribution in [-0.4, -0.2) is 26.1 Å². The van der Waals surface area contributed by atoms with Crippen LogP contribution in [0.15, 0.2) is 24.3 Å². The Bertz CT molecular complexity index is 565. The SMILES string of the molecule is Cn1nnc(C(=O)O)c1COc1ccc(Cl)cc1. The van der Waals surface area contributed by atoms with Crippen LogP contribution in [0, 0.1) is 0 Å². The van der Waals surface area contributed by atoms with Crippen molar-refractivity contribution < 1.29 is 14.6 Å². The first-order valence-corrected chi connectivity index (χ1v) is 5.46. The topological polar surface area (TPSA) is 77.2 Å². The van der Waals surface area contributed by atoms with Crippen molar-refractivity contribution in [1.82, 2.24) is 15.0 Å². The minimum atomic E-state index is -1.13. The summed E-state index contributed by atoms with van der Waals surface area (Å²) in [7, 11) is 1.61. The normalized spacial score (nSPS) is 10.3. The van der Waals surface area contributed by atoms with E-state index in [-0.39, 0.29) is 12.3 Å².